The number of piperidine rings is 1. The number of carboxylic acid groups (broad SMARTS) is 1. The summed E-state index contributed by atoms with van der Waals surface area (Å²) in [5.74, 6) is 3.57. The Kier molecular flexibility index (Phi) is 11.3. The number of ether oxygens (including phenoxy) is 1. The molecule has 8 nitrogen and oxygen atoms in total. The van der Waals surface area contributed by atoms with Crippen molar-refractivity contribution in [3.63, 3.8) is 0 Å². The van der Waals surface area contributed by atoms with Gasteiger partial charge in [0.05, 0.1) is 19.1 Å². The standard InChI is InChI=1S/C44H74N2O6S/c1-28(2)32-25-29(16-22-46-23-17-30(18-24-46)45-53(10,50)51)31-13-20-43(8)33(39(31)32)11-12-35-42(7)19-15-36(41(5,6)34(42)14-21-44(35,43)9)52-38(49)27-40(3,4)26-37(47)48/h29-36,39,45H,1,11-27H2,2-10H3,(H,47,48)/t29-,31?,32+,33-,34+,35-,36+,39-,42+,43-,44-/m1/s1. The first-order valence-corrected chi connectivity index (χ1v) is 23.2. The van der Waals surface area contributed by atoms with Crippen LogP contribution in [-0.2, 0) is 24.3 Å². The van der Waals surface area contributed by atoms with Crippen molar-refractivity contribution in [1.82, 2.24) is 9.62 Å². The number of hydrogen-bond acceptors (Lipinski definition) is 6. The second-order valence-corrected chi connectivity index (χ2v) is 23.2. The van der Waals surface area contributed by atoms with Gasteiger partial charge in [0, 0.05) is 11.5 Å². The van der Waals surface area contributed by atoms with Crippen LogP contribution >= 0.6 is 0 Å². The predicted octanol–water partition coefficient (Wildman–Crippen LogP) is 8.71. The molecule has 6 fully saturated rings. The molecule has 1 aliphatic heterocycles. The van der Waals surface area contributed by atoms with E-state index in [1.807, 2.05) is 13.8 Å². The number of rotatable bonds is 11. The Hall–Kier alpha value is -1.45. The van der Waals surface area contributed by atoms with Gasteiger partial charge >= 0.3 is 11.9 Å². The maximum absolute atomic E-state index is 13.2. The van der Waals surface area contributed by atoms with Gasteiger partial charge < -0.3 is 14.7 Å². The van der Waals surface area contributed by atoms with E-state index in [0.717, 1.165) is 69.0 Å². The van der Waals surface area contributed by atoms with E-state index in [-0.39, 0.29) is 47.2 Å². The summed E-state index contributed by atoms with van der Waals surface area (Å²) in [6.07, 6.45) is 15.2. The van der Waals surface area contributed by atoms with Crippen molar-refractivity contribution in [2.24, 2.45) is 68.5 Å². The van der Waals surface area contributed by atoms with Crippen LogP contribution in [0.3, 0.4) is 0 Å². The second-order valence-electron chi connectivity index (χ2n) is 21.4. The molecule has 0 bridgehead atoms. The van der Waals surface area contributed by atoms with Gasteiger partial charge in [0.2, 0.25) is 10.0 Å². The van der Waals surface area contributed by atoms with Crippen LogP contribution in [-0.4, -0.2) is 68.4 Å². The van der Waals surface area contributed by atoms with E-state index in [0.29, 0.717) is 23.2 Å². The Morgan fingerprint density at radius 3 is 2.19 bits per heavy atom. The van der Waals surface area contributed by atoms with Crippen LogP contribution < -0.4 is 4.72 Å². The number of nitrogens with zero attached hydrogens (tertiary/aromatic N) is 1. The van der Waals surface area contributed by atoms with Crippen LogP contribution in [0, 0.1) is 68.5 Å². The minimum atomic E-state index is -3.16. The maximum Gasteiger partial charge on any atom is 0.306 e. The minimum Gasteiger partial charge on any atom is -0.481 e. The summed E-state index contributed by atoms with van der Waals surface area (Å²) in [7, 11) is -3.16. The van der Waals surface area contributed by atoms with Gasteiger partial charge in [0.25, 0.3) is 0 Å². The molecule has 53 heavy (non-hydrogen) atoms. The maximum atomic E-state index is 13.2. The number of nitrogens with one attached hydrogen (secondary N) is 1. The fourth-order valence-electron chi connectivity index (χ4n) is 14.8. The van der Waals surface area contributed by atoms with Crippen molar-refractivity contribution >= 4 is 22.0 Å². The molecule has 6 rings (SSSR count). The summed E-state index contributed by atoms with van der Waals surface area (Å²) in [6.45, 7) is 26.4. The number of carbonyl (C=O) groups excluding carboxylic acids is 1. The van der Waals surface area contributed by atoms with Crippen molar-refractivity contribution in [3.05, 3.63) is 12.2 Å². The van der Waals surface area contributed by atoms with E-state index in [1.165, 1.54) is 63.2 Å². The molecular weight excluding hydrogens is 685 g/mol. The molecule has 5 saturated carbocycles. The summed E-state index contributed by atoms with van der Waals surface area (Å²) < 4.78 is 32.7. The van der Waals surface area contributed by atoms with E-state index >= 15 is 0 Å². The molecular formula is C44H74N2O6S. The smallest absolute Gasteiger partial charge is 0.306 e. The van der Waals surface area contributed by atoms with Crippen LogP contribution in [0.5, 0.6) is 0 Å². The molecule has 0 radical (unpaired) electrons. The van der Waals surface area contributed by atoms with E-state index in [4.69, 9.17) is 4.74 Å². The van der Waals surface area contributed by atoms with E-state index in [2.05, 4.69) is 57.7 Å². The lowest BCUT2D eigenvalue weighted by Gasteiger charge is -2.72. The number of carboxylic acids is 1. The van der Waals surface area contributed by atoms with Gasteiger partial charge in [-0.15, -0.1) is 0 Å². The number of esters is 1. The third-order valence-electron chi connectivity index (χ3n) is 17.4. The first-order chi connectivity index (χ1) is 24.5. The number of aliphatic carboxylic acids is 1. The summed E-state index contributed by atoms with van der Waals surface area (Å²) in [6, 6.07) is 0.0721. The molecule has 0 aromatic carbocycles. The highest BCUT2D eigenvalue weighted by Crippen LogP contribution is 2.76. The normalized spacial score (nSPS) is 41.8. The highest BCUT2D eigenvalue weighted by atomic mass is 32.2. The number of sulfonamides is 1. The largest absolute Gasteiger partial charge is 0.481 e. The van der Waals surface area contributed by atoms with Crippen LogP contribution in [0.15, 0.2) is 12.2 Å². The van der Waals surface area contributed by atoms with E-state index in [1.54, 1.807) is 0 Å². The molecule has 1 saturated heterocycles. The van der Waals surface area contributed by atoms with Gasteiger partial charge in [0.1, 0.15) is 6.10 Å². The first-order valence-electron chi connectivity index (χ1n) is 21.3. The third kappa shape index (κ3) is 7.68. The highest BCUT2D eigenvalue weighted by molar-refractivity contribution is 7.88. The van der Waals surface area contributed by atoms with E-state index in [9.17, 15) is 23.1 Å². The Labute approximate surface area is 322 Å². The zero-order valence-corrected chi connectivity index (χ0v) is 35.6. The predicted molar refractivity (Wildman–Crippen MR) is 211 cm³/mol. The number of allylic oxidation sites excluding steroid dienone is 1. The van der Waals surface area contributed by atoms with Gasteiger partial charge in [-0.1, -0.05) is 60.6 Å². The molecule has 1 unspecified atom stereocenters. The number of carbonyl (C=O) groups is 2. The van der Waals surface area contributed by atoms with Gasteiger partial charge in [0.15, 0.2) is 0 Å². The fraction of sp³-hybridized carbons (Fsp3) is 0.909. The average Bonchev–Trinajstić information content (AvgIpc) is 3.40. The third-order valence-corrected chi connectivity index (χ3v) is 18.2. The zero-order chi connectivity index (χ0) is 38.9. The molecule has 0 aromatic rings. The first kappa shape index (κ1) is 41.2. The van der Waals surface area contributed by atoms with Crippen LogP contribution in [0.2, 0.25) is 0 Å². The van der Waals surface area contributed by atoms with Gasteiger partial charge in [-0.25, -0.2) is 13.1 Å². The Morgan fingerprint density at radius 1 is 0.906 bits per heavy atom. The number of hydrogen-bond donors (Lipinski definition) is 2. The molecule has 302 valence electrons. The monoisotopic (exact) mass is 759 g/mol. The summed E-state index contributed by atoms with van der Waals surface area (Å²) in [4.78, 5) is 27.2. The molecule has 0 spiro atoms. The quantitative estimate of drug-likeness (QED) is 0.160. The van der Waals surface area contributed by atoms with E-state index < -0.39 is 21.4 Å². The lowest BCUT2D eigenvalue weighted by atomic mass is 9.33. The van der Waals surface area contributed by atoms with Gasteiger partial charge in [-0.3, -0.25) is 9.59 Å². The minimum absolute atomic E-state index is 0.0419. The lowest BCUT2D eigenvalue weighted by molar-refractivity contribution is -0.245. The van der Waals surface area contributed by atoms with Crippen molar-refractivity contribution in [2.75, 3.05) is 25.9 Å². The van der Waals surface area contributed by atoms with Crippen LogP contribution in [0.25, 0.3) is 0 Å². The lowest BCUT2D eigenvalue weighted by Crippen LogP contribution is -2.66. The molecule has 11 atom stereocenters. The number of fused-ring (bicyclic) bond motifs is 7. The van der Waals surface area contributed by atoms with Crippen LogP contribution in [0.1, 0.15) is 145 Å². The van der Waals surface area contributed by atoms with Crippen molar-refractivity contribution in [1.29, 1.82) is 0 Å². The van der Waals surface area contributed by atoms with Gasteiger partial charge in [-0.2, -0.15) is 0 Å². The molecule has 0 amide bonds. The highest BCUT2D eigenvalue weighted by Gasteiger charge is 2.69. The summed E-state index contributed by atoms with van der Waals surface area (Å²) in [5, 5.41) is 9.35. The summed E-state index contributed by atoms with van der Waals surface area (Å²) in [5.41, 5.74) is 1.39. The molecule has 0 aromatic heterocycles. The van der Waals surface area contributed by atoms with Crippen molar-refractivity contribution < 1.29 is 27.9 Å². The summed E-state index contributed by atoms with van der Waals surface area (Å²) >= 11 is 0. The molecule has 1 heterocycles. The topological polar surface area (TPSA) is 113 Å². The van der Waals surface area contributed by atoms with Crippen molar-refractivity contribution in [3.8, 4) is 0 Å². The molecule has 6 aliphatic rings. The SMILES string of the molecule is C=C(C)[C@@H]1C[C@@H](CCN2CCC(NS(C)(=O)=O)CC2)C2CC[C@]3(C)[C@H](CC[C@@H]4[C@@]5(C)CC[C@H](OC(=O)CC(C)(C)CC(=O)O)C(C)(C)[C@@H]5CC[C@]43C)[C@H]21. The Balaban J connectivity index is 1.14. The molecule has 9 heteroatoms. The second kappa shape index (κ2) is 14.5. The van der Waals surface area contributed by atoms with Gasteiger partial charge in [-0.05, 0) is 167 Å². The van der Waals surface area contributed by atoms with Crippen LogP contribution in [0.4, 0.5) is 0 Å². The zero-order valence-electron chi connectivity index (χ0n) is 34.8. The molecule has 2 N–H and O–H groups in total. The Bertz CT molecular complexity index is 1520. The number of likely N-dealkylation sites (tertiary alicyclic amines) is 1. The molecule has 5 aliphatic carbocycles. The van der Waals surface area contributed by atoms with Crippen molar-refractivity contribution in [2.45, 2.75) is 157 Å². The fourth-order valence-corrected chi connectivity index (χ4v) is 15.7. The Morgan fingerprint density at radius 2 is 1.57 bits per heavy atom. The average molecular weight is 759 g/mol.